The van der Waals surface area contributed by atoms with Crippen molar-refractivity contribution < 1.29 is 19.4 Å². The summed E-state index contributed by atoms with van der Waals surface area (Å²) in [5.74, 6) is -2.39. The zero-order chi connectivity index (χ0) is 10.1. The van der Waals surface area contributed by atoms with E-state index in [2.05, 4.69) is 0 Å². The third-order valence-corrected chi connectivity index (χ3v) is 2.38. The van der Waals surface area contributed by atoms with Gasteiger partial charge in [-0.05, 0) is 20.3 Å². The van der Waals surface area contributed by atoms with Crippen molar-refractivity contribution in [3.8, 4) is 0 Å². The first-order chi connectivity index (χ1) is 5.99. The van der Waals surface area contributed by atoms with Crippen molar-refractivity contribution in [2.75, 3.05) is 6.61 Å². The third kappa shape index (κ3) is 2.00. The minimum Gasteiger partial charge on any atom is -0.481 e. The van der Waals surface area contributed by atoms with Gasteiger partial charge in [0.1, 0.15) is 5.92 Å². The second-order valence-corrected chi connectivity index (χ2v) is 3.55. The molecule has 0 spiro atoms. The summed E-state index contributed by atoms with van der Waals surface area (Å²) in [7, 11) is 0. The minimum atomic E-state index is -0.944. The van der Waals surface area contributed by atoms with Crippen molar-refractivity contribution in [3.63, 3.8) is 0 Å². The molecule has 0 aromatic carbocycles. The Bertz CT molecular complexity index is 204. The molecule has 0 amide bonds. The highest BCUT2D eigenvalue weighted by molar-refractivity contribution is 5.71. The molecule has 1 saturated heterocycles. The predicted octanol–water partition coefficient (Wildman–Crippen LogP) is 1.25. The standard InChI is InChI=1S/C9H16O4/c1-4-7(8(10)11)9(3)12-5-6(2)13-9/h6-7H,4-5H2,1-3H3,(H,10,11). The molecule has 1 rings (SSSR count). The Morgan fingerprint density at radius 2 is 2.38 bits per heavy atom. The fourth-order valence-electron chi connectivity index (χ4n) is 1.70. The van der Waals surface area contributed by atoms with E-state index in [1.165, 1.54) is 0 Å². The van der Waals surface area contributed by atoms with Crippen LogP contribution in [-0.4, -0.2) is 29.6 Å². The average molecular weight is 188 g/mol. The first-order valence-electron chi connectivity index (χ1n) is 4.54. The summed E-state index contributed by atoms with van der Waals surface area (Å²) in [6.45, 7) is 5.86. The van der Waals surface area contributed by atoms with Crippen LogP contribution in [0.4, 0.5) is 0 Å². The van der Waals surface area contributed by atoms with Crippen LogP contribution in [0, 0.1) is 5.92 Å². The normalized spacial score (nSPS) is 36.1. The van der Waals surface area contributed by atoms with E-state index >= 15 is 0 Å². The molecule has 0 aliphatic carbocycles. The fourth-order valence-corrected chi connectivity index (χ4v) is 1.70. The van der Waals surface area contributed by atoms with E-state index in [1.807, 2.05) is 13.8 Å². The monoisotopic (exact) mass is 188 g/mol. The second-order valence-electron chi connectivity index (χ2n) is 3.55. The maximum atomic E-state index is 10.9. The summed E-state index contributed by atoms with van der Waals surface area (Å²) in [5, 5.41) is 8.93. The van der Waals surface area contributed by atoms with E-state index in [0.717, 1.165) is 0 Å². The quantitative estimate of drug-likeness (QED) is 0.724. The molecule has 4 heteroatoms. The van der Waals surface area contributed by atoms with Gasteiger partial charge < -0.3 is 14.6 Å². The number of hydrogen-bond donors (Lipinski definition) is 1. The Labute approximate surface area is 77.8 Å². The maximum Gasteiger partial charge on any atom is 0.311 e. The molecule has 0 aromatic heterocycles. The van der Waals surface area contributed by atoms with Crippen molar-refractivity contribution >= 4 is 5.97 Å². The summed E-state index contributed by atoms with van der Waals surface area (Å²) in [5.41, 5.74) is 0. The van der Waals surface area contributed by atoms with Crippen LogP contribution in [0.3, 0.4) is 0 Å². The first-order valence-corrected chi connectivity index (χ1v) is 4.54. The van der Waals surface area contributed by atoms with Crippen LogP contribution < -0.4 is 0 Å². The second kappa shape index (κ2) is 3.64. The van der Waals surface area contributed by atoms with Gasteiger partial charge in [-0.2, -0.15) is 0 Å². The summed E-state index contributed by atoms with van der Waals surface area (Å²) in [4.78, 5) is 10.9. The van der Waals surface area contributed by atoms with E-state index in [0.29, 0.717) is 13.0 Å². The zero-order valence-corrected chi connectivity index (χ0v) is 8.24. The van der Waals surface area contributed by atoms with Gasteiger partial charge in [-0.15, -0.1) is 0 Å². The molecule has 1 aliphatic rings. The first kappa shape index (κ1) is 10.5. The number of aliphatic carboxylic acids is 1. The summed E-state index contributed by atoms with van der Waals surface area (Å²) < 4.78 is 10.8. The number of ether oxygens (including phenoxy) is 2. The molecule has 0 aromatic rings. The number of hydrogen-bond acceptors (Lipinski definition) is 3. The Hall–Kier alpha value is -0.610. The maximum absolute atomic E-state index is 10.9. The van der Waals surface area contributed by atoms with Crippen LogP contribution in [0.15, 0.2) is 0 Å². The number of carboxylic acid groups (broad SMARTS) is 1. The molecule has 1 fully saturated rings. The highest BCUT2D eigenvalue weighted by atomic mass is 16.7. The molecular weight excluding hydrogens is 172 g/mol. The molecular formula is C9H16O4. The van der Waals surface area contributed by atoms with Gasteiger partial charge in [0.05, 0.1) is 12.7 Å². The molecule has 0 radical (unpaired) electrons. The van der Waals surface area contributed by atoms with Gasteiger partial charge in [-0.3, -0.25) is 4.79 Å². The lowest BCUT2D eigenvalue weighted by Crippen LogP contribution is -2.40. The van der Waals surface area contributed by atoms with Crippen LogP contribution in [0.2, 0.25) is 0 Å². The third-order valence-electron chi connectivity index (χ3n) is 2.38. The van der Waals surface area contributed by atoms with Gasteiger partial charge >= 0.3 is 5.97 Å². The molecule has 1 N–H and O–H groups in total. The SMILES string of the molecule is CCC(C(=O)O)C1(C)OCC(C)O1. The molecule has 76 valence electrons. The van der Waals surface area contributed by atoms with Gasteiger partial charge in [-0.25, -0.2) is 0 Å². The summed E-state index contributed by atoms with van der Waals surface area (Å²) in [6.07, 6.45) is 0.497. The van der Waals surface area contributed by atoms with Crippen molar-refractivity contribution in [1.82, 2.24) is 0 Å². The largest absolute Gasteiger partial charge is 0.481 e. The van der Waals surface area contributed by atoms with Crippen molar-refractivity contribution in [3.05, 3.63) is 0 Å². The topological polar surface area (TPSA) is 55.8 Å². The van der Waals surface area contributed by atoms with Crippen LogP contribution in [0.5, 0.6) is 0 Å². The Morgan fingerprint density at radius 1 is 1.77 bits per heavy atom. The Kier molecular flexibility index (Phi) is 2.93. The lowest BCUT2D eigenvalue weighted by molar-refractivity contribution is -0.202. The minimum absolute atomic E-state index is 0.0154. The van der Waals surface area contributed by atoms with Crippen molar-refractivity contribution in [1.29, 1.82) is 0 Å². The summed E-state index contributed by atoms with van der Waals surface area (Å²) in [6, 6.07) is 0. The van der Waals surface area contributed by atoms with E-state index < -0.39 is 17.7 Å². The molecule has 3 atom stereocenters. The van der Waals surface area contributed by atoms with Crippen LogP contribution in [0.1, 0.15) is 27.2 Å². The summed E-state index contributed by atoms with van der Waals surface area (Å²) >= 11 is 0. The number of rotatable bonds is 3. The molecule has 1 heterocycles. The Balaban J connectivity index is 2.72. The molecule has 0 bridgehead atoms. The number of carboxylic acids is 1. The van der Waals surface area contributed by atoms with Crippen molar-refractivity contribution in [2.45, 2.75) is 39.1 Å². The molecule has 3 unspecified atom stereocenters. The van der Waals surface area contributed by atoms with Crippen LogP contribution in [-0.2, 0) is 14.3 Å². The fraction of sp³-hybridized carbons (Fsp3) is 0.889. The van der Waals surface area contributed by atoms with Crippen LogP contribution in [0.25, 0.3) is 0 Å². The molecule has 1 aliphatic heterocycles. The van der Waals surface area contributed by atoms with E-state index in [-0.39, 0.29) is 6.10 Å². The van der Waals surface area contributed by atoms with E-state index in [4.69, 9.17) is 14.6 Å². The predicted molar refractivity (Wildman–Crippen MR) is 46.3 cm³/mol. The molecule has 13 heavy (non-hydrogen) atoms. The van der Waals surface area contributed by atoms with Gasteiger partial charge in [-0.1, -0.05) is 6.92 Å². The average Bonchev–Trinajstić information content (AvgIpc) is 2.32. The van der Waals surface area contributed by atoms with Crippen molar-refractivity contribution in [2.24, 2.45) is 5.92 Å². The Morgan fingerprint density at radius 3 is 2.69 bits per heavy atom. The van der Waals surface area contributed by atoms with Gasteiger partial charge in [0.2, 0.25) is 0 Å². The number of carbonyl (C=O) groups is 1. The molecule has 0 saturated carbocycles. The van der Waals surface area contributed by atoms with Gasteiger partial charge in [0.15, 0.2) is 5.79 Å². The highest BCUT2D eigenvalue weighted by Gasteiger charge is 2.45. The van der Waals surface area contributed by atoms with Crippen LogP contribution >= 0.6 is 0 Å². The smallest absolute Gasteiger partial charge is 0.311 e. The van der Waals surface area contributed by atoms with Gasteiger partial charge in [0, 0.05) is 0 Å². The lowest BCUT2D eigenvalue weighted by Gasteiger charge is -2.28. The van der Waals surface area contributed by atoms with E-state index in [1.54, 1.807) is 6.92 Å². The highest BCUT2D eigenvalue weighted by Crippen LogP contribution is 2.32. The van der Waals surface area contributed by atoms with E-state index in [9.17, 15) is 4.79 Å². The van der Waals surface area contributed by atoms with Gasteiger partial charge in [0.25, 0.3) is 0 Å². The zero-order valence-electron chi connectivity index (χ0n) is 8.24. The lowest BCUT2D eigenvalue weighted by atomic mass is 9.97. The molecule has 4 nitrogen and oxygen atoms in total.